The van der Waals surface area contributed by atoms with E-state index in [1.54, 1.807) is 6.07 Å². The number of aromatic nitrogens is 1. The minimum atomic E-state index is -1.04. The van der Waals surface area contributed by atoms with E-state index in [0.717, 1.165) is 28.6 Å². The van der Waals surface area contributed by atoms with Crippen molar-refractivity contribution in [3.05, 3.63) is 64.3 Å². The van der Waals surface area contributed by atoms with Crippen molar-refractivity contribution in [3.63, 3.8) is 0 Å². The summed E-state index contributed by atoms with van der Waals surface area (Å²) in [6.45, 7) is 4.39. The summed E-state index contributed by atoms with van der Waals surface area (Å²) in [4.78, 5) is 23.1. The number of nitrogens with two attached hydrogens (primary N) is 1. The summed E-state index contributed by atoms with van der Waals surface area (Å²) >= 11 is 0. The van der Waals surface area contributed by atoms with Gasteiger partial charge in [-0.3, -0.25) is 4.79 Å². The van der Waals surface area contributed by atoms with E-state index in [2.05, 4.69) is 36.6 Å². The Morgan fingerprint density at radius 3 is 2.59 bits per heavy atom. The molecule has 0 saturated carbocycles. The molecule has 3 aromatic rings. The lowest BCUT2D eigenvalue weighted by molar-refractivity contribution is -0.139. The lowest BCUT2D eigenvalue weighted by atomic mass is 9.99. The van der Waals surface area contributed by atoms with Crippen LogP contribution in [0.25, 0.3) is 10.9 Å². The number of fused-ring (bicyclic) bond motifs is 3. The monoisotopic (exact) mass is 392 g/mol. The molecular weight excluding hydrogens is 368 g/mol. The molecule has 1 heterocycles. The maximum atomic E-state index is 12.1. The molecule has 2 aromatic carbocycles. The number of aryl methyl sites for hydroxylation is 2. The van der Waals surface area contributed by atoms with Crippen LogP contribution in [0.15, 0.2) is 36.4 Å². The van der Waals surface area contributed by atoms with E-state index in [-0.39, 0.29) is 11.8 Å². The second-order valence-corrected chi connectivity index (χ2v) is 7.77. The average Bonchev–Trinajstić information content (AvgIpc) is 3.19. The second kappa shape index (κ2) is 7.28. The number of benzene rings is 2. The number of hydrogen-bond donors (Lipinski definition) is 2. The fourth-order valence-electron chi connectivity index (χ4n) is 4.59. The van der Waals surface area contributed by atoms with Crippen molar-refractivity contribution >= 4 is 22.8 Å². The molecule has 1 unspecified atom stereocenters. The van der Waals surface area contributed by atoms with Crippen molar-refractivity contribution in [2.24, 2.45) is 5.73 Å². The third-order valence-corrected chi connectivity index (χ3v) is 5.54. The van der Waals surface area contributed by atoms with Crippen LogP contribution in [-0.2, 0) is 22.6 Å². The molecule has 1 aliphatic carbocycles. The summed E-state index contributed by atoms with van der Waals surface area (Å²) in [6.07, 6.45) is 1.41. The first-order chi connectivity index (χ1) is 13.8. The van der Waals surface area contributed by atoms with Crippen LogP contribution in [0.5, 0.6) is 5.75 Å². The Balaban J connectivity index is 1.90. The number of ether oxygens (including phenoxy) is 1. The van der Waals surface area contributed by atoms with Crippen LogP contribution >= 0.6 is 0 Å². The molecule has 0 spiro atoms. The van der Waals surface area contributed by atoms with Gasteiger partial charge in [-0.2, -0.15) is 0 Å². The molecule has 29 heavy (non-hydrogen) atoms. The first-order valence-corrected chi connectivity index (χ1v) is 9.70. The number of amides is 1. The summed E-state index contributed by atoms with van der Waals surface area (Å²) in [5.74, 6) is -1.31. The Kier molecular flexibility index (Phi) is 4.78. The van der Waals surface area contributed by atoms with Crippen LogP contribution in [0.1, 0.15) is 40.3 Å². The number of primary amides is 1. The van der Waals surface area contributed by atoms with Crippen molar-refractivity contribution in [1.82, 2.24) is 4.57 Å². The third-order valence-electron chi connectivity index (χ3n) is 5.54. The van der Waals surface area contributed by atoms with E-state index < -0.39 is 12.6 Å². The van der Waals surface area contributed by atoms with E-state index in [4.69, 9.17) is 15.6 Å². The van der Waals surface area contributed by atoms with Crippen LogP contribution < -0.4 is 10.5 Å². The van der Waals surface area contributed by atoms with Crippen LogP contribution in [0.2, 0.25) is 0 Å². The van der Waals surface area contributed by atoms with E-state index in [1.165, 1.54) is 16.7 Å². The molecule has 4 rings (SSSR count). The maximum absolute atomic E-state index is 12.1. The normalized spacial score (nSPS) is 15.4. The maximum Gasteiger partial charge on any atom is 0.341 e. The van der Waals surface area contributed by atoms with E-state index >= 15 is 0 Å². The highest BCUT2D eigenvalue weighted by Crippen LogP contribution is 2.44. The average molecular weight is 392 g/mol. The number of nitrogens with zero attached hydrogens (tertiary/aromatic N) is 1. The molecule has 0 bridgehead atoms. The minimum absolute atomic E-state index is 0.359. The van der Waals surface area contributed by atoms with Gasteiger partial charge in [0.15, 0.2) is 6.61 Å². The predicted molar refractivity (Wildman–Crippen MR) is 110 cm³/mol. The summed E-state index contributed by atoms with van der Waals surface area (Å²) in [7, 11) is 0. The van der Waals surface area contributed by atoms with Gasteiger partial charge in [-0.15, -0.1) is 0 Å². The molecule has 0 radical (unpaired) electrons. The topological polar surface area (TPSA) is 94.6 Å². The zero-order valence-corrected chi connectivity index (χ0v) is 16.6. The Labute approximate surface area is 168 Å². The summed E-state index contributed by atoms with van der Waals surface area (Å²) in [5, 5.41) is 9.83. The van der Waals surface area contributed by atoms with Crippen LogP contribution in [-0.4, -0.2) is 28.2 Å². The van der Waals surface area contributed by atoms with Gasteiger partial charge in [0.2, 0.25) is 5.91 Å². The summed E-state index contributed by atoms with van der Waals surface area (Å²) in [5.41, 5.74) is 12.2. The largest absolute Gasteiger partial charge is 0.481 e. The highest BCUT2D eigenvalue weighted by Gasteiger charge is 2.34. The second-order valence-electron chi connectivity index (χ2n) is 7.77. The summed E-state index contributed by atoms with van der Waals surface area (Å²) < 4.78 is 7.79. The van der Waals surface area contributed by atoms with Crippen LogP contribution in [0.3, 0.4) is 0 Å². The van der Waals surface area contributed by atoms with Crippen LogP contribution in [0, 0.1) is 13.8 Å². The molecule has 0 fully saturated rings. The number of carbonyl (C=O) groups is 2. The highest BCUT2D eigenvalue weighted by molar-refractivity contribution is 5.97. The van der Waals surface area contributed by atoms with Gasteiger partial charge in [0, 0.05) is 17.6 Å². The molecule has 1 aliphatic rings. The number of carboxylic acid groups (broad SMARTS) is 1. The zero-order chi connectivity index (χ0) is 20.7. The van der Waals surface area contributed by atoms with Gasteiger partial charge in [0.1, 0.15) is 5.75 Å². The first-order valence-electron chi connectivity index (χ1n) is 9.70. The standard InChI is InChI=1S/C23H24N2O4/c1-13-8-14(2)10-15(9-13)11-25-17-4-3-5-19(29-12-20(26)27)22(17)21-16(23(24)28)6-7-18(21)25/h3-5,8-10,16H,6-7,11-12H2,1-2H3,(H2,24,28)(H,26,27). The van der Waals surface area contributed by atoms with Gasteiger partial charge >= 0.3 is 5.97 Å². The van der Waals surface area contributed by atoms with E-state index in [0.29, 0.717) is 18.7 Å². The number of aliphatic carboxylic acids is 1. The zero-order valence-electron chi connectivity index (χ0n) is 16.6. The number of rotatable bonds is 6. The number of carbonyl (C=O) groups excluding carboxylic acids is 1. The molecular formula is C23H24N2O4. The molecule has 150 valence electrons. The Morgan fingerprint density at radius 2 is 1.93 bits per heavy atom. The van der Waals surface area contributed by atoms with Gasteiger partial charge in [0.25, 0.3) is 0 Å². The van der Waals surface area contributed by atoms with Gasteiger partial charge in [-0.25, -0.2) is 4.79 Å². The van der Waals surface area contributed by atoms with Crippen molar-refractivity contribution < 1.29 is 19.4 Å². The Morgan fingerprint density at radius 1 is 1.21 bits per heavy atom. The molecule has 6 nitrogen and oxygen atoms in total. The van der Waals surface area contributed by atoms with Gasteiger partial charge in [-0.1, -0.05) is 35.4 Å². The lowest BCUT2D eigenvalue weighted by Gasteiger charge is -2.12. The van der Waals surface area contributed by atoms with Crippen molar-refractivity contribution in [2.75, 3.05) is 6.61 Å². The Hall–Kier alpha value is -3.28. The minimum Gasteiger partial charge on any atom is -0.481 e. The van der Waals surface area contributed by atoms with E-state index in [1.807, 2.05) is 12.1 Å². The molecule has 6 heteroatoms. The molecule has 3 N–H and O–H groups in total. The van der Waals surface area contributed by atoms with Gasteiger partial charge in [-0.05, 0) is 49.9 Å². The van der Waals surface area contributed by atoms with Crippen LogP contribution in [0.4, 0.5) is 0 Å². The molecule has 0 saturated heterocycles. The molecule has 1 aromatic heterocycles. The lowest BCUT2D eigenvalue weighted by Crippen LogP contribution is -2.19. The molecule has 0 aliphatic heterocycles. The quantitative estimate of drug-likeness (QED) is 0.673. The fraction of sp³-hybridized carbons (Fsp3) is 0.304. The smallest absolute Gasteiger partial charge is 0.341 e. The van der Waals surface area contributed by atoms with Crippen molar-refractivity contribution in [2.45, 2.75) is 39.2 Å². The fourth-order valence-corrected chi connectivity index (χ4v) is 4.59. The highest BCUT2D eigenvalue weighted by atomic mass is 16.5. The van der Waals surface area contributed by atoms with E-state index in [9.17, 15) is 9.59 Å². The molecule has 1 atom stereocenters. The van der Waals surface area contributed by atoms with Crippen molar-refractivity contribution in [3.8, 4) is 5.75 Å². The number of carboxylic acids is 1. The summed E-state index contributed by atoms with van der Waals surface area (Å²) in [6, 6.07) is 12.1. The SMILES string of the molecule is Cc1cc(C)cc(Cn2c3c(c4c(OCC(=O)O)cccc42)C(C(N)=O)CC3)c1. The van der Waals surface area contributed by atoms with Gasteiger partial charge < -0.3 is 20.1 Å². The molecule has 1 amide bonds. The van der Waals surface area contributed by atoms with Crippen molar-refractivity contribution in [1.29, 1.82) is 0 Å². The number of hydrogen-bond acceptors (Lipinski definition) is 3. The predicted octanol–water partition coefficient (Wildman–Crippen LogP) is 3.28. The first kappa shape index (κ1) is 19.1. The van der Waals surface area contributed by atoms with Gasteiger partial charge in [0.05, 0.1) is 11.4 Å². The Bertz CT molecular complexity index is 1110. The third kappa shape index (κ3) is 3.46.